The fourth-order valence-electron chi connectivity index (χ4n) is 3.87. The molecule has 6 nitrogen and oxygen atoms in total. The number of aromatic nitrogens is 2. The van der Waals surface area contributed by atoms with Crippen molar-refractivity contribution in [3.05, 3.63) is 46.3 Å². The van der Waals surface area contributed by atoms with E-state index < -0.39 is 9.84 Å². The molecule has 1 aliphatic carbocycles. The van der Waals surface area contributed by atoms with Crippen LogP contribution >= 0.6 is 15.9 Å². The molecule has 3 rings (SSSR count). The molecule has 1 aromatic carbocycles. The number of rotatable bonds is 6. The number of carbonyl (C=O) groups excluding carboxylic acids is 1. The Hall–Kier alpha value is -1.80. The van der Waals surface area contributed by atoms with Gasteiger partial charge in [-0.15, -0.1) is 0 Å². The largest absolute Gasteiger partial charge is 0.309 e. The van der Waals surface area contributed by atoms with E-state index in [1.807, 2.05) is 6.07 Å². The molecule has 0 unspecified atom stereocenters. The van der Waals surface area contributed by atoms with Crippen molar-refractivity contribution in [1.82, 2.24) is 9.97 Å². The molecule has 150 valence electrons. The van der Waals surface area contributed by atoms with Gasteiger partial charge in [-0.2, -0.15) is 0 Å². The molecule has 1 amide bonds. The quantitative estimate of drug-likeness (QED) is 0.688. The molecule has 1 fully saturated rings. The number of amides is 1. The van der Waals surface area contributed by atoms with Gasteiger partial charge in [0.15, 0.2) is 15.7 Å². The van der Waals surface area contributed by atoms with Gasteiger partial charge >= 0.3 is 0 Å². The average Bonchev–Trinajstić information content (AvgIpc) is 3.13. The summed E-state index contributed by atoms with van der Waals surface area (Å²) >= 11 is 3.23. The number of carbonyl (C=O) groups is 1. The average molecular weight is 466 g/mol. The highest BCUT2D eigenvalue weighted by molar-refractivity contribution is 9.10. The van der Waals surface area contributed by atoms with Crippen LogP contribution in [0.5, 0.6) is 0 Å². The zero-order valence-corrected chi connectivity index (χ0v) is 18.4. The smallest absolute Gasteiger partial charge is 0.233 e. The lowest BCUT2D eigenvalue weighted by atomic mass is 9.86. The molecular weight excluding hydrogens is 442 g/mol. The molecule has 1 saturated carbocycles. The minimum atomic E-state index is -3.29. The van der Waals surface area contributed by atoms with E-state index in [0.29, 0.717) is 26.8 Å². The van der Waals surface area contributed by atoms with Crippen molar-refractivity contribution in [3.63, 3.8) is 0 Å². The summed E-state index contributed by atoms with van der Waals surface area (Å²) in [5.41, 5.74) is 1.49. The minimum absolute atomic E-state index is 0.143. The Bertz CT molecular complexity index is 955. The Balaban J connectivity index is 1.88. The molecule has 1 atom stereocenters. The highest BCUT2D eigenvalue weighted by Gasteiger charge is 2.28. The summed E-state index contributed by atoms with van der Waals surface area (Å²) in [4.78, 5) is 21.6. The van der Waals surface area contributed by atoms with Crippen molar-refractivity contribution in [2.45, 2.75) is 49.8 Å². The molecule has 0 aliphatic heterocycles. The molecule has 1 heterocycles. The minimum Gasteiger partial charge on any atom is -0.309 e. The zero-order valence-electron chi connectivity index (χ0n) is 16.0. The fourth-order valence-corrected chi connectivity index (χ4v) is 5.03. The first-order valence-corrected chi connectivity index (χ1v) is 12.0. The van der Waals surface area contributed by atoms with E-state index in [-0.39, 0.29) is 11.8 Å². The molecule has 28 heavy (non-hydrogen) atoms. The summed E-state index contributed by atoms with van der Waals surface area (Å²) in [5.74, 6) is 0.395. The van der Waals surface area contributed by atoms with Gasteiger partial charge in [-0.3, -0.25) is 4.79 Å². The van der Waals surface area contributed by atoms with Gasteiger partial charge in [0.1, 0.15) is 4.60 Å². The van der Waals surface area contributed by atoms with Crippen LogP contribution in [0.3, 0.4) is 0 Å². The molecule has 1 aliphatic rings. The maximum Gasteiger partial charge on any atom is 0.233 e. The standard InChI is InChI=1S/C20H24BrN3O3S/c1-13-9-15(7-8-17(13)28(2,26)27)16(10-14-5-3-4-6-14)20(25)24-19-12-22-18(21)11-23-19/h7-9,11-12,14,16H,3-6,10H2,1-2H3,(H,23,24,25)/t16-/m1/s1. The third kappa shape index (κ3) is 5.17. The van der Waals surface area contributed by atoms with Gasteiger partial charge in [-0.05, 0) is 52.4 Å². The van der Waals surface area contributed by atoms with Crippen LogP contribution in [-0.4, -0.2) is 30.5 Å². The Morgan fingerprint density at radius 2 is 1.96 bits per heavy atom. The molecule has 1 aromatic heterocycles. The number of hydrogen-bond donors (Lipinski definition) is 1. The number of nitrogens with one attached hydrogen (secondary N) is 1. The number of sulfone groups is 1. The van der Waals surface area contributed by atoms with Crippen LogP contribution in [0.25, 0.3) is 0 Å². The number of benzene rings is 1. The van der Waals surface area contributed by atoms with Crippen LogP contribution < -0.4 is 5.32 Å². The number of nitrogens with zero attached hydrogens (tertiary/aromatic N) is 2. The summed E-state index contributed by atoms with van der Waals surface area (Å²) in [5, 5.41) is 2.85. The fraction of sp³-hybridized carbons (Fsp3) is 0.450. The van der Waals surface area contributed by atoms with Gasteiger partial charge in [-0.25, -0.2) is 18.4 Å². The predicted octanol–water partition coefficient (Wildman–Crippen LogP) is 4.25. The van der Waals surface area contributed by atoms with E-state index in [4.69, 9.17) is 0 Å². The predicted molar refractivity (Wildman–Crippen MR) is 112 cm³/mol. The Morgan fingerprint density at radius 1 is 1.25 bits per heavy atom. The Morgan fingerprint density at radius 3 is 2.54 bits per heavy atom. The van der Waals surface area contributed by atoms with E-state index in [0.717, 1.165) is 24.8 Å². The number of aryl methyl sites for hydroxylation is 1. The summed E-state index contributed by atoms with van der Waals surface area (Å²) in [6.07, 6.45) is 9.63. The SMILES string of the molecule is Cc1cc([C@@H](CC2CCCC2)C(=O)Nc2cnc(Br)cn2)ccc1S(C)(=O)=O. The van der Waals surface area contributed by atoms with Crippen LogP contribution in [0.1, 0.15) is 49.1 Å². The summed E-state index contributed by atoms with van der Waals surface area (Å²) < 4.78 is 24.4. The van der Waals surface area contributed by atoms with Gasteiger partial charge in [-0.1, -0.05) is 37.8 Å². The van der Waals surface area contributed by atoms with Crippen LogP contribution in [0, 0.1) is 12.8 Å². The third-order valence-electron chi connectivity index (χ3n) is 5.23. The van der Waals surface area contributed by atoms with Crippen LogP contribution in [0.2, 0.25) is 0 Å². The molecule has 0 spiro atoms. The molecular formula is C20H24BrN3O3S. The highest BCUT2D eigenvalue weighted by atomic mass is 79.9. The van der Waals surface area contributed by atoms with Crippen molar-refractivity contribution in [1.29, 1.82) is 0 Å². The van der Waals surface area contributed by atoms with Crippen molar-refractivity contribution in [2.75, 3.05) is 11.6 Å². The van der Waals surface area contributed by atoms with Gasteiger partial charge in [0.05, 0.1) is 23.2 Å². The summed E-state index contributed by atoms with van der Waals surface area (Å²) in [6.45, 7) is 1.77. The zero-order chi connectivity index (χ0) is 20.3. The molecule has 2 aromatic rings. The van der Waals surface area contributed by atoms with E-state index in [2.05, 4.69) is 31.2 Å². The topological polar surface area (TPSA) is 89.0 Å². The monoisotopic (exact) mass is 465 g/mol. The first-order chi connectivity index (χ1) is 13.2. The highest BCUT2D eigenvalue weighted by Crippen LogP contribution is 2.35. The molecule has 0 radical (unpaired) electrons. The molecule has 1 N–H and O–H groups in total. The second-order valence-corrected chi connectivity index (χ2v) is 10.2. The van der Waals surface area contributed by atoms with E-state index >= 15 is 0 Å². The maximum absolute atomic E-state index is 13.1. The Kier molecular flexibility index (Phi) is 6.50. The first kappa shape index (κ1) is 20.9. The van der Waals surface area contributed by atoms with Crippen LogP contribution in [-0.2, 0) is 14.6 Å². The lowest BCUT2D eigenvalue weighted by Gasteiger charge is -2.21. The lowest BCUT2D eigenvalue weighted by molar-refractivity contribution is -0.118. The second-order valence-electron chi connectivity index (χ2n) is 7.45. The van der Waals surface area contributed by atoms with Gasteiger partial charge in [0, 0.05) is 6.26 Å². The number of halogens is 1. The van der Waals surface area contributed by atoms with Crippen LogP contribution in [0.4, 0.5) is 5.82 Å². The van der Waals surface area contributed by atoms with Crippen molar-refractivity contribution in [2.24, 2.45) is 5.92 Å². The van der Waals surface area contributed by atoms with Crippen molar-refractivity contribution >= 4 is 37.5 Å². The van der Waals surface area contributed by atoms with Crippen LogP contribution in [0.15, 0.2) is 40.1 Å². The van der Waals surface area contributed by atoms with Crippen molar-refractivity contribution in [3.8, 4) is 0 Å². The molecule has 8 heteroatoms. The molecule has 0 saturated heterocycles. The van der Waals surface area contributed by atoms with E-state index in [1.165, 1.54) is 31.5 Å². The molecule has 0 bridgehead atoms. The first-order valence-electron chi connectivity index (χ1n) is 9.33. The van der Waals surface area contributed by atoms with Gasteiger partial charge in [0.25, 0.3) is 0 Å². The summed E-state index contributed by atoms with van der Waals surface area (Å²) in [6, 6.07) is 5.19. The third-order valence-corrected chi connectivity index (χ3v) is 6.90. The van der Waals surface area contributed by atoms with E-state index in [1.54, 1.807) is 19.1 Å². The van der Waals surface area contributed by atoms with E-state index in [9.17, 15) is 13.2 Å². The second kappa shape index (κ2) is 8.69. The Labute approximate surface area is 174 Å². The number of anilines is 1. The van der Waals surface area contributed by atoms with Crippen molar-refractivity contribution < 1.29 is 13.2 Å². The van der Waals surface area contributed by atoms with Gasteiger partial charge in [0.2, 0.25) is 5.91 Å². The lowest BCUT2D eigenvalue weighted by Crippen LogP contribution is -2.24. The van der Waals surface area contributed by atoms with Gasteiger partial charge < -0.3 is 5.32 Å². The maximum atomic E-state index is 13.1. The normalized spacial score (nSPS) is 16.1. The summed E-state index contributed by atoms with van der Waals surface area (Å²) in [7, 11) is -3.29. The number of hydrogen-bond acceptors (Lipinski definition) is 5.